The number of nitro groups is 1. The summed E-state index contributed by atoms with van der Waals surface area (Å²) < 4.78 is 1.33. The Morgan fingerprint density at radius 3 is 2.85 bits per heavy atom. The van der Waals surface area contributed by atoms with Crippen LogP contribution in [-0.4, -0.2) is 20.4 Å². The largest absolute Gasteiger partial charge is 0.358 e. The summed E-state index contributed by atoms with van der Waals surface area (Å²) in [6.07, 6.45) is 2.72. The van der Waals surface area contributed by atoms with Crippen LogP contribution in [0.4, 0.5) is 11.5 Å². The van der Waals surface area contributed by atoms with Gasteiger partial charge in [0, 0.05) is 17.3 Å². The number of carbonyl (C=O) groups is 1. The Morgan fingerprint density at radius 1 is 1.40 bits per heavy atom. The molecule has 0 spiro atoms. The first-order valence-electron chi connectivity index (χ1n) is 5.86. The number of nitrogens with one attached hydrogen (secondary N) is 1. The van der Waals surface area contributed by atoms with Gasteiger partial charge < -0.3 is 15.4 Å². The maximum Gasteiger partial charge on any atom is 0.342 e. The number of benzene rings is 1. The number of imidazole rings is 1. The molecule has 0 saturated heterocycles. The van der Waals surface area contributed by atoms with Crippen LogP contribution in [-0.2, 0) is 11.8 Å². The highest BCUT2D eigenvalue weighted by Crippen LogP contribution is 2.32. The summed E-state index contributed by atoms with van der Waals surface area (Å²) in [5.41, 5.74) is 1.94. The van der Waals surface area contributed by atoms with E-state index < -0.39 is 4.92 Å². The number of aromatic nitrogens is 2. The maximum absolute atomic E-state index is 11.9. The van der Waals surface area contributed by atoms with Crippen LogP contribution < -0.4 is 5.32 Å². The van der Waals surface area contributed by atoms with Crippen molar-refractivity contribution < 1.29 is 9.72 Å². The monoisotopic (exact) mass is 270 g/mol. The van der Waals surface area contributed by atoms with Gasteiger partial charge in [-0.15, -0.1) is 0 Å². The van der Waals surface area contributed by atoms with Gasteiger partial charge in [0.15, 0.2) is 0 Å². The predicted octanol–water partition coefficient (Wildman–Crippen LogP) is 1.82. The molecule has 20 heavy (non-hydrogen) atoms. The Balaban J connectivity index is 2.09. The predicted molar refractivity (Wildman–Crippen MR) is 72.8 cm³/mol. The van der Waals surface area contributed by atoms with E-state index in [-0.39, 0.29) is 11.7 Å². The number of hydrogen-bond donors (Lipinski definition) is 1. The molecule has 1 aromatic heterocycles. The molecule has 0 aliphatic carbocycles. The number of anilines is 1. The summed E-state index contributed by atoms with van der Waals surface area (Å²) in [6.45, 7) is 0. The molecule has 2 aromatic rings. The molecule has 7 heteroatoms. The second-order valence-electron chi connectivity index (χ2n) is 4.35. The highest BCUT2D eigenvalue weighted by atomic mass is 16.6. The molecule has 1 aliphatic heterocycles. The Bertz CT molecular complexity index is 761. The van der Waals surface area contributed by atoms with Crippen LogP contribution >= 0.6 is 0 Å². The Labute approximate surface area is 113 Å². The summed E-state index contributed by atoms with van der Waals surface area (Å²) in [5, 5.41) is 13.5. The third kappa shape index (κ3) is 1.76. The normalized spacial score (nSPS) is 15.2. The number of carbonyl (C=O) groups excluding carboxylic acids is 1. The van der Waals surface area contributed by atoms with Gasteiger partial charge >= 0.3 is 5.82 Å². The van der Waals surface area contributed by atoms with E-state index >= 15 is 0 Å². The molecule has 1 aromatic carbocycles. The number of fused-ring (bicyclic) bond motifs is 1. The van der Waals surface area contributed by atoms with Crippen molar-refractivity contribution in [1.29, 1.82) is 0 Å². The lowest BCUT2D eigenvalue weighted by Gasteiger charge is -1.97. The van der Waals surface area contributed by atoms with Gasteiger partial charge in [-0.25, -0.2) is 9.55 Å². The minimum Gasteiger partial charge on any atom is -0.358 e. The van der Waals surface area contributed by atoms with E-state index in [1.165, 1.54) is 17.8 Å². The number of rotatable bonds is 2. The van der Waals surface area contributed by atoms with E-state index in [9.17, 15) is 14.9 Å². The van der Waals surface area contributed by atoms with E-state index in [0.717, 1.165) is 11.3 Å². The zero-order valence-electron chi connectivity index (χ0n) is 10.5. The highest BCUT2D eigenvalue weighted by molar-refractivity contribution is 6.34. The molecule has 2 heterocycles. The molecular formula is C13H10N4O3. The summed E-state index contributed by atoms with van der Waals surface area (Å²) in [5.74, 6) is -0.000976. The third-order valence-electron chi connectivity index (χ3n) is 3.17. The molecule has 1 N–H and O–H groups in total. The van der Waals surface area contributed by atoms with Gasteiger partial charge in [0.05, 0.1) is 12.6 Å². The minimum atomic E-state index is -0.516. The van der Waals surface area contributed by atoms with Crippen LogP contribution in [0, 0.1) is 10.1 Å². The average molecular weight is 270 g/mol. The zero-order chi connectivity index (χ0) is 14.3. The van der Waals surface area contributed by atoms with Crippen molar-refractivity contribution in [3.05, 3.63) is 52.0 Å². The Kier molecular flexibility index (Phi) is 2.60. The van der Waals surface area contributed by atoms with Crippen LogP contribution in [0.3, 0.4) is 0 Å². The van der Waals surface area contributed by atoms with Gasteiger partial charge in [-0.2, -0.15) is 0 Å². The van der Waals surface area contributed by atoms with Gasteiger partial charge in [0.2, 0.25) is 5.82 Å². The quantitative estimate of drug-likeness (QED) is 0.512. The van der Waals surface area contributed by atoms with E-state index in [4.69, 9.17) is 0 Å². The first kappa shape index (κ1) is 12.1. The van der Waals surface area contributed by atoms with Crippen molar-refractivity contribution in [3.8, 4) is 0 Å². The lowest BCUT2D eigenvalue weighted by atomic mass is 10.1. The molecule has 0 unspecified atom stereocenters. The standard InChI is InChI=1S/C13H10N4O3/c1-16-11(14-7-12(16)17(19)20)6-9-8-4-2-3-5-10(8)15-13(9)18/h2-7H,1H3,(H,15,18)/b9-6+. The molecule has 0 saturated carbocycles. The van der Waals surface area contributed by atoms with Crippen molar-refractivity contribution >= 4 is 29.1 Å². The molecule has 0 fully saturated rings. The van der Waals surface area contributed by atoms with Gasteiger partial charge in [-0.05, 0) is 11.0 Å². The fourth-order valence-corrected chi connectivity index (χ4v) is 2.13. The van der Waals surface area contributed by atoms with Crippen molar-refractivity contribution in [3.63, 3.8) is 0 Å². The van der Waals surface area contributed by atoms with Gasteiger partial charge in [-0.1, -0.05) is 18.2 Å². The molecule has 1 aliphatic rings. The van der Waals surface area contributed by atoms with Crippen molar-refractivity contribution in [2.24, 2.45) is 7.05 Å². The van der Waals surface area contributed by atoms with Crippen LogP contribution in [0.25, 0.3) is 11.6 Å². The molecule has 7 nitrogen and oxygen atoms in total. The van der Waals surface area contributed by atoms with Crippen molar-refractivity contribution in [2.75, 3.05) is 5.32 Å². The van der Waals surface area contributed by atoms with Gasteiger partial charge in [0.25, 0.3) is 5.91 Å². The van der Waals surface area contributed by atoms with Crippen LogP contribution in [0.1, 0.15) is 11.4 Å². The van der Waals surface area contributed by atoms with Crippen LogP contribution in [0.15, 0.2) is 30.5 Å². The Morgan fingerprint density at radius 2 is 2.15 bits per heavy atom. The number of hydrogen-bond acceptors (Lipinski definition) is 4. The average Bonchev–Trinajstić information content (AvgIpc) is 2.92. The van der Waals surface area contributed by atoms with E-state index in [1.807, 2.05) is 18.2 Å². The summed E-state index contributed by atoms with van der Waals surface area (Å²) >= 11 is 0. The second kappa shape index (κ2) is 4.30. The fourth-order valence-electron chi connectivity index (χ4n) is 2.13. The van der Waals surface area contributed by atoms with E-state index in [0.29, 0.717) is 11.4 Å². The number of nitrogens with zero attached hydrogens (tertiary/aromatic N) is 3. The lowest BCUT2D eigenvalue weighted by Crippen LogP contribution is -2.04. The maximum atomic E-state index is 11.9. The van der Waals surface area contributed by atoms with Gasteiger partial charge in [0.1, 0.15) is 6.20 Å². The molecule has 100 valence electrons. The fraction of sp³-hybridized carbons (Fsp3) is 0.0769. The molecule has 0 atom stereocenters. The molecule has 0 bridgehead atoms. The van der Waals surface area contributed by atoms with Crippen molar-refractivity contribution in [2.45, 2.75) is 0 Å². The van der Waals surface area contributed by atoms with Crippen molar-refractivity contribution in [1.82, 2.24) is 9.55 Å². The zero-order valence-corrected chi connectivity index (χ0v) is 10.5. The highest BCUT2D eigenvalue weighted by Gasteiger charge is 2.25. The minimum absolute atomic E-state index is 0.122. The molecule has 0 radical (unpaired) electrons. The number of para-hydroxylation sites is 1. The smallest absolute Gasteiger partial charge is 0.342 e. The Hall–Kier alpha value is -2.96. The first-order valence-corrected chi connectivity index (χ1v) is 5.86. The van der Waals surface area contributed by atoms with E-state index in [1.54, 1.807) is 12.1 Å². The first-order chi connectivity index (χ1) is 9.58. The topological polar surface area (TPSA) is 90.1 Å². The summed E-state index contributed by atoms with van der Waals surface area (Å²) in [7, 11) is 1.54. The SMILES string of the molecule is Cn1c([N+](=O)[O-])cnc1/C=C1/C(=O)Nc2ccccc21. The van der Waals surface area contributed by atoms with E-state index in [2.05, 4.69) is 10.3 Å². The molecular weight excluding hydrogens is 260 g/mol. The molecule has 3 rings (SSSR count). The molecule has 1 amide bonds. The van der Waals surface area contributed by atoms with Gasteiger partial charge in [-0.3, -0.25) is 4.79 Å². The lowest BCUT2D eigenvalue weighted by molar-refractivity contribution is -0.391. The summed E-state index contributed by atoms with van der Waals surface area (Å²) in [4.78, 5) is 26.2. The summed E-state index contributed by atoms with van der Waals surface area (Å²) in [6, 6.07) is 7.27. The van der Waals surface area contributed by atoms with Crippen LogP contribution in [0.2, 0.25) is 0 Å². The number of amides is 1. The third-order valence-corrected chi connectivity index (χ3v) is 3.17. The second-order valence-corrected chi connectivity index (χ2v) is 4.35. The van der Waals surface area contributed by atoms with Crippen LogP contribution in [0.5, 0.6) is 0 Å².